The molecule has 2 aliphatic rings. The highest BCUT2D eigenvalue weighted by atomic mass is 32.1. The molecule has 1 unspecified atom stereocenters. The summed E-state index contributed by atoms with van der Waals surface area (Å²) in [6.45, 7) is 3.53. The van der Waals surface area contributed by atoms with Crippen molar-refractivity contribution in [1.82, 2.24) is 24.6 Å². The van der Waals surface area contributed by atoms with Gasteiger partial charge in [0.25, 0.3) is 5.91 Å². The highest BCUT2D eigenvalue weighted by Crippen LogP contribution is 2.32. The fraction of sp³-hybridized carbons (Fsp3) is 0.308. The Labute approximate surface area is 207 Å². The quantitative estimate of drug-likeness (QED) is 0.443. The van der Waals surface area contributed by atoms with Crippen molar-refractivity contribution in [3.05, 3.63) is 65.2 Å². The Morgan fingerprint density at radius 1 is 1.09 bits per heavy atom. The number of piperazine rings is 1. The van der Waals surface area contributed by atoms with Crippen molar-refractivity contribution in [2.24, 2.45) is 7.05 Å². The second-order valence-electron chi connectivity index (χ2n) is 9.08. The van der Waals surface area contributed by atoms with Crippen molar-refractivity contribution in [3.8, 4) is 11.1 Å². The minimum Gasteiger partial charge on any atom is -0.334 e. The Kier molecular flexibility index (Phi) is 5.58. The second kappa shape index (κ2) is 8.90. The maximum Gasteiger partial charge on any atom is 0.282 e. The van der Waals surface area contributed by atoms with E-state index < -0.39 is 0 Å². The van der Waals surface area contributed by atoms with Gasteiger partial charge in [0.15, 0.2) is 5.01 Å². The molecule has 4 heterocycles. The van der Waals surface area contributed by atoms with E-state index in [4.69, 9.17) is 0 Å². The van der Waals surface area contributed by atoms with Gasteiger partial charge in [0.1, 0.15) is 0 Å². The molecule has 8 nitrogen and oxygen atoms in total. The molecule has 0 spiro atoms. The molecule has 0 radical (unpaired) electrons. The number of benzene rings is 2. The molecule has 4 aromatic rings. The van der Waals surface area contributed by atoms with E-state index in [0.29, 0.717) is 31.1 Å². The van der Waals surface area contributed by atoms with Crippen molar-refractivity contribution in [2.75, 3.05) is 37.6 Å². The lowest BCUT2D eigenvalue weighted by atomic mass is 10.0. The molecule has 35 heavy (non-hydrogen) atoms. The first kappa shape index (κ1) is 21.9. The fourth-order valence-electron chi connectivity index (χ4n) is 5.21. The minimum absolute atomic E-state index is 0.00391. The molecule has 0 bridgehead atoms. The zero-order chi connectivity index (χ0) is 23.9. The number of anilines is 1. The Balaban J connectivity index is 1.16. The van der Waals surface area contributed by atoms with Crippen LogP contribution in [0.4, 0.5) is 5.69 Å². The number of hydrogen-bond donors (Lipinski definition) is 0. The Morgan fingerprint density at radius 2 is 1.91 bits per heavy atom. The maximum absolute atomic E-state index is 13.0. The maximum atomic E-state index is 13.0. The monoisotopic (exact) mass is 486 g/mol. The molecule has 0 aliphatic carbocycles. The second-order valence-corrected chi connectivity index (χ2v) is 9.98. The first-order valence-electron chi connectivity index (χ1n) is 11.8. The largest absolute Gasteiger partial charge is 0.334 e. The Hall–Kier alpha value is -3.56. The number of fused-ring (bicyclic) bond motifs is 1. The molecular formula is C26H26N6O2S. The van der Waals surface area contributed by atoms with Crippen LogP contribution in [0.15, 0.2) is 60.2 Å². The zero-order valence-corrected chi connectivity index (χ0v) is 20.3. The van der Waals surface area contributed by atoms with Crippen molar-refractivity contribution < 1.29 is 9.59 Å². The van der Waals surface area contributed by atoms with Crippen LogP contribution >= 0.6 is 11.3 Å². The van der Waals surface area contributed by atoms with Crippen LogP contribution < -0.4 is 4.90 Å². The number of hydrogen-bond acceptors (Lipinski definition) is 6. The summed E-state index contributed by atoms with van der Waals surface area (Å²) in [5.74, 6) is 0.150. The number of carbonyl (C=O) groups excluding carboxylic acids is 2. The molecule has 0 saturated carbocycles. The number of aromatic nitrogens is 3. The molecule has 2 saturated heterocycles. The average molecular weight is 487 g/mol. The third kappa shape index (κ3) is 4.00. The molecule has 178 valence electrons. The summed E-state index contributed by atoms with van der Waals surface area (Å²) in [5.41, 5.74) is 4.19. The van der Waals surface area contributed by atoms with E-state index in [0.717, 1.165) is 40.8 Å². The third-order valence-electron chi connectivity index (χ3n) is 7.10. The predicted octanol–water partition coefficient (Wildman–Crippen LogP) is 3.26. The summed E-state index contributed by atoms with van der Waals surface area (Å²) in [5, 5.41) is 7.88. The van der Waals surface area contributed by atoms with Gasteiger partial charge < -0.3 is 9.80 Å². The fourth-order valence-corrected chi connectivity index (χ4v) is 5.81. The van der Waals surface area contributed by atoms with Crippen molar-refractivity contribution >= 4 is 39.7 Å². The van der Waals surface area contributed by atoms with Crippen LogP contribution in [0.1, 0.15) is 16.2 Å². The molecule has 0 N–H and O–H groups in total. The molecule has 2 aromatic carbocycles. The topological polar surface area (TPSA) is 74.6 Å². The van der Waals surface area contributed by atoms with Crippen LogP contribution in [0.2, 0.25) is 0 Å². The predicted molar refractivity (Wildman–Crippen MR) is 136 cm³/mol. The van der Waals surface area contributed by atoms with Gasteiger partial charge in [0.05, 0.1) is 11.7 Å². The van der Waals surface area contributed by atoms with Crippen LogP contribution in [0, 0.1) is 0 Å². The van der Waals surface area contributed by atoms with Crippen molar-refractivity contribution in [2.45, 2.75) is 12.5 Å². The van der Waals surface area contributed by atoms with Crippen molar-refractivity contribution in [1.29, 1.82) is 0 Å². The van der Waals surface area contributed by atoms with Gasteiger partial charge in [0, 0.05) is 74.9 Å². The van der Waals surface area contributed by atoms with Gasteiger partial charge in [-0.2, -0.15) is 5.10 Å². The van der Waals surface area contributed by atoms with E-state index in [1.165, 1.54) is 11.3 Å². The number of rotatable bonds is 4. The normalized spacial score (nSPS) is 19.1. The van der Waals surface area contributed by atoms with Crippen LogP contribution in [0.25, 0.3) is 22.0 Å². The van der Waals surface area contributed by atoms with Crippen LogP contribution in [0.3, 0.4) is 0 Å². The summed E-state index contributed by atoms with van der Waals surface area (Å²) < 4.78 is 1.88. The molecule has 2 amide bonds. The number of carbonyl (C=O) groups is 2. The lowest BCUT2D eigenvalue weighted by molar-refractivity contribution is -0.117. The highest BCUT2D eigenvalue weighted by Gasteiger charge is 2.36. The summed E-state index contributed by atoms with van der Waals surface area (Å²) in [4.78, 5) is 35.9. The van der Waals surface area contributed by atoms with Crippen molar-refractivity contribution in [3.63, 3.8) is 0 Å². The summed E-state index contributed by atoms with van der Waals surface area (Å²) >= 11 is 1.38. The molecular weight excluding hydrogens is 460 g/mol. The highest BCUT2D eigenvalue weighted by molar-refractivity contribution is 7.11. The van der Waals surface area contributed by atoms with Gasteiger partial charge in [0.2, 0.25) is 5.91 Å². The number of aryl methyl sites for hydroxylation is 1. The molecule has 2 fully saturated rings. The van der Waals surface area contributed by atoms with Crippen LogP contribution in [-0.2, 0) is 11.8 Å². The number of thiazole rings is 1. The first-order valence-corrected chi connectivity index (χ1v) is 12.7. The van der Waals surface area contributed by atoms with Gasteiger partial charge in [-0.3, -0.25) is 19.2 Å². The average Bonchev–Trinajstić information content (AvgIpc) is 3.65. The van der Waals surface area contributed by atoms with Gasteiger partial charge in [-0.25, -0.2) is 4.98 Å². The van der Waals surface area contributed by atoms with E-state index in [2.05, 4.69) is 39.2 Å². The van der Waals surface area contributed by atoms with Gasteiger partial charge in [-0.15, -0.1) is 11.3 Å². The minimum atomic E-state index is 0.00391. The Morgan fingerprint density at radius 3 is 2.71 bits per heavy atom. The smallest absolute Gasteiger partial charge is 0.282 e. The summed E-state index contributed by atoms with van der Waals surface area (Å²) in [6.07, 6.45) is 4.06. The van der Waals surface area contributed by atoms with E-state index in [1.54, 1.807) is 6.20 Å². The Bertz CT molecular complexity index is 1390. The summed E-state index contributed by atoms with van der Waals surface area (Å²) in [7, 11) is 1.94. The number of amides is 2. The zero-order valence-electron chi connectivity index (χ0n) is 19.5. The van der Waals surface area contributed by atoms with Gasteiger partial charge >= 0.3 is 0 Å². The van der Waals surface area contributed by atoms with E-state index in [1.807, 2.05) is 51.3 Å². The molecule has 9 heteroatoms. The van der Waals surface area contributed by atoms with Crippen LogP contribution in [-0.4, -0.2) is 75.1 Å². The lowest BCUT2D eigenvalue weighted by Crippen LogP contribution is -2.52. The molecule has 1 atom stereocenters. The molecule has 6 rings (SSSR count). The van der Waals surface area contributed by atoms with E-state index in [9.17, 15) is 9.59 Å². The van der Waals surface area contributed by atoms with Gasteiger partial charge in [-0.1, -0.05) is 24.3 Å². The summed E-state index contributed by atoms with van der Waals surface area (Å²) in [6, 6.07) is 14.6. The standard InChI is InChI=1S/C26H26N6O2S/c1-29-23-7-3-6-21(22(23)16-28-29)18-4-2-5-19(14-18)32-17-20(15-24(32)33)30-9-11-31(12-10-30)26(34)25-27-8-13-35-25/h2-8,13-14,16,20H,9-12,15,17H2,1H3. The van der Waals surface area contributed by atoms with Crippen LogP contribution in [0.5, 0.6) is 0 Å². The van der Waals surface area contributed by atoms with Gasteiger partial charge in [-0.05, 0) is 29.3 Å². The number of nitrogens with zero attached hydrogens (tertiary/aromatic N) is 6. The molecule has 2 aromatic heterocycles. The molecule has 2 aliphatic heterocycles. The van der Waals surface area contributed by atoms with E-state index >= 15 is 0 Å². The van der Waals surface area contributed by atoms with E-state index in [-0.39, 0.29) is 17.9 Å². The third-order valence-corrected chi connectivity index (χ3v) is 7.86. The SMILES string of the molecule is Cn1ncc2c(-c3cccc(N4CC(N5CCN(C(=O)c6nccs6)CC5)CC4=O)c3)cccc21. The first-order chi connectivity index (χ1) is 17.1. The lowest BCUT2D eigenvalue weighted by Gasteiger charge is -2.37.